The number of carbonyl (C=O) groups excluding carboxylic acids is 2. The predicted molar refractivity (Wildman–Crippen MR) is 106 cm³/mol. The minimum atomic E-state index is -0.149. The van der Waals surface area contributed by atoms with E-state index in [4.69, 9.17) is 0 Å². The van der Waals surface area contributed by atoms with Gasteiger partial charge in [-0.2, -0.15) is 0 Å². The van der Waals surface area contributed by atoms with Crippen LogP contribution in [0.25, 0.3) is 0 Å². The Bertz CT molecular complexity index is 828. The van der Waals surface area contributed by atoms with E-state index in [1.54, 1.807) is 17.2 Å². The molecule has 0 N–H and O–H groups in total. The van der Waals surface area contributed by atoms with Gasteiger partial charge < -0.3 is 14.7 Å². The highest BCUT2D eigenvalue weighted by Gasteiger charge is 2.23. The van der Waals surface area contributed by atoms with Gasteiger partial charge in [0.25, 0.3) is 11.8 Å². The molecule has 3 rings (SSSR count). The molecule has 0 saturated carbocycles. The van der Waals surface area contributed by atoms with E-state index in [9.17, 15) is 9.59 Å². The number of anilines is 1. The number of carbonyl (C=O) groups is 2. The quantitative estimate of drug-likeness (QED) is 0.834. The fourth-order valence-corrected chi connectivity index (χ4v) is 3.26. The van der Waals surface area contributed by atoms with Crippen molar-refractivity contribution in [3.8, 4) is 0 Å². The van der Waals surface area contributed by atoms with Crippen LogP contribution in [0.3, 0.4) is 0 Å². The maximum absolute atomic E-state index is 13.0. The minimum Gasteiger partial charge on any atom is -0.336 e. The van der Waals surface area contributed by atoms with Crippen molar-refractivity contribution in [3.05, 3.63) is 59.4 Å². The Balaban J connectivity index is 1.81. The highest BCUT2D eigenvalue weighted by molar-refractivity contribution is 6.07. The SMILES string of the molecule is CCN(C(=O)c1cncc(C(=O)N2CCN(C)CC2)c1)c1cccc(C)c1. The lowest BCUT2D eigenvalue weighted by Gasteiger charge is -2.32. The van der Waals surface area contributed by atoms with Crippen molar-refractivity contribution in [1.29, 1.82) is 0 Å². The number of aromatic nitrogens is 1. The summed E-state index contributed by atoms with van der Waals surface area (Å²) >= 11 is 0. The number of aryl methyl sites for hydroxylation is 1. The van der Waals surface area contributed by atoms with Gasteiger partial charge in [-0.15, -0.1) is 0 Å². The third-order valence-electron chi connectivity index (χ3n) is 4.90. The maximum Gasteiger partial charge on any atom is 0.259 e. The molecule has 2 heterocycles. The second-order valence-electron chi connectivity index (χ2n) is 6.95. The summed E-state index contributed by atoms with van der Waals surface area (Å²) < 4.78 is 0. The average molecular weight is 366 g/mol. The lowest BCUT2D eigenvalue weighted by Crippen LogP contribution is -2.47. The number of rotatable bonds is 4. The lowest BCUT2D eigenvalue weighted by atomic mass is 10.1. The third-order valence-corrected chi connectivity index (χ3v) is 4.90. The number of pyridine rings is 1. The van der Waals surface area contributed by atoms with Crippen LogP contribution in [-0.2, 0) is 0 Å². The molecule has 0 radical (unpaired) electrons. The molecular formula is C21H26N4O2. The summed E-state index contributed by atoms with van der Waals surface area (Å²) in [6.45, 7) is 7.57. The van der Waals surface area contributed by atoms with Gasteiger partial charge in [0.05, 0.1) is 11.1 Å². The first-order valence-electron chi connectivity index (χ1n) is 9.31. The van der Waals surface area contributed by atoms with Crippen LogP contribution < -0.4 is 4.90 Å². The van der Waals surface area contributed by atoms with Crippen LogP contribution in [0.5, 0.6) is 0 Å². The Kier molecular flexibility index (Phi) is 5.86. The number of piperazine rings is 1. The summed E-state index contributed by atoms with van der Waals surface area (Å²) in [5.41, 5.74) is 2.83. The number of nitrogens with zero attached hydrogens (tertiary/aromatic N) is 4. The van der Waals surface area contributed by atoms with Crippen molar-refractivity contribution in [2.75, 3.05) is 44.7 Å². The Morgan fingerprint density at radius 2 is 1.78 bits per heavy atom. The van der Waals surface area contributed by atoms with Gasteiger partial charge in [-0.3, -0.25) is 14.6 Å². The van der Waals surface area contributed by atoms with Crippen molar-refractivity contribution in [2.24, 2.45) is 0 Å². The van der Waals surface area contributed by atoms with E-state index in [0.717, 1.165) is 24.3 Å². The molecule has 2 amide bonds. The molecule has 6 nitrogen and oxygen atoms in total. The van der Waals surface area contributed by atoms with Crippen molar-refractivity contribution in [1.82, 2.24) is 14.8 Å². The number of likely N-dealkylation sites (N-methyl/N-ethyl adjacent to an activating group) is 1. The normalized spacial score (nSPS) is 14.9. The third kappa shape index (κ3) is 4.34. The highest BCUT2D eigenvalue weighted by atomic mass is 16.2. The van der Waals surface area contributed by atoms with Crippen molar-refractivity contribution < 1.29 is 9.59 Å². The first-order valence-corrected chi connectivity index (χ1v) is 9.31. The summed E-state index contributed by atoms with van der Waals surface area (Å²) in [5, 5.41) is 0. The molecule has 1 aliphatic rings. The van der Waals surface area contributed by atoms with Gasteiger partial charge in [0.2, 0.25) is 0 Å². The number of amides is 2. The number of hydrogen-bond donors (Lipinski definition) is 0. The lowest BCUT2D eigenvalue weighted by molar-refractivity contribution is 0.0663. The Hall–Kier alpha value is -2.73. The van der Waals surface area contributed by atoms with Gasteiger partial charge in [0, 0.05) is 50.8 Å². The van der Waals surface area contributed by atoms with E-state index in [2.05, 4.69) is 9.88 Å². The first kappa shape index (κ1) is 19.0. The van der Waals surface area contributed by atoms with Crippen LogP contribution >= 0.6 is 0 Å². The van der Waals surface area contributed by atoms with Crippen molar-refractivity contribution >= 4 is 17.5 Å². The Labute approximate surface area is 160 Å². The van der Waals surface area contributed by atoms with Gasteiger partial charge in [-0.05, 0) is 44.7 Å². The molecule has 0 bridgehead atoms. The van der Waals surface area contributed by atoms with Crippen molar-refractivity contribution in [3.63, 3.8) is 0 Å². The van der Waals surface area contributed by atoms with E-state index < -0.39 is 0 Å². The monoisotopic (exact) mass is 366 g/mol. The zero-order valence-electron chi connectivity index (χ0n) is 16.2. The molecule has 1 fully saturated rings. The van der Waals surface area contributed by atoms with E-state index >= 15 is 0 Å². The largest absolute Gasteiger partial charge is 0.336 e. The second kappa shape index (κ2) is 8.31. The topological polar surface area (TPSA) is 56.8 Å². The molecule has 6 heteroatoms. The van der Waals surface area contributed by atoms with Gasteiger partial charge in [-0.1, -0.05) is 12.1 Å². The molecule has 1 aromatic heterocycles. The molecule has 1 saturated heterocycles. The summed E-state index contributed by atoms with van der Waals surface area (Å²) in [6, 6.07) is 9.49. The second-order valence-corrected chi connectivity index (χ2v) is 6.95. The van der Waals surface area contributed by atoms with Gasteiger partial charge in [0.1, 0.15) is 0 Å². The van der Waals surface area contributed by atoms with E-state index in [1.807, 2.05) is 50.1 Å². The van der Waals surface area contributed by atoms with E-state index in [-0.39, 0.29) is 11.8 Å². The average Bonchev–Trinajstić information content (AvgIpc) is 2.69. The van der Waals surface area contributed by atoms with Gasteiger partial charge in [-0.25, -0.2) is 0 Å². The van der Waals surface area contributed by atoms with Crippen LogP contribution in [0.1, 0.15) is 33.2 Å². The molecule has 0 aliphatic carbocycles. The molecule has 0 atom stereocenters. The smallest absolute Gasteiger partial charge is 0.259 e. The fraction of sp³-hybridized carbons (Fsp3) is 0.381. The Morgan fingerprint density at radius 1 is 1.07 bits per heavy atom. The van der Waals surface area contributed by atoms with Crippen molar-refractivity contribution in [2.45, 2.75) is 13.8 Å². The molecule has 1 aromatic carbocycles. The molecule has 0 unspecified atom stereocenters. The summed E-state index contributed by atoms with van der Waals surface area (Å²) in [4.78, 5) is 35.7. The minimum absolute atomic E-state index is 0.0659. The van der Waals surface area contributed by atoms with E-state index in [0.29, 0.717) is 30.8 Å². The van der Waals surface area contributed by atoms with Gasteiger partial charge >= 0.3 is 0 Å². The number of hydrogen-bond acceptors (Lipinski definition) is 4. The molecule has 142 valence electrons. The maximum atomic E-state index is 13.0. The zero-order chi connectivity index (χ0) is 19.4. The molecule has 27 heavy (non-hydrogen) atoms. The standard InChI is InChI=1S/C21H26N4O2/c1-4-25(19-7-5-6-16(2)12-19)21(27)18-13-17(14-22-15-18)20(26)24-10-8-23(3)9-11-24/h5-7,12-15H,4,8-11H2,1-3H3. The molecule has 1 aliphatic heterocycles. The summed E-state index contributed by atoms with van der Waals surface area (Å²) in [5.74, 6) is -0.215. The Morgan fingerprint density at radius 3 is 2.44 bits per heavy atom. The van der Waals surface area contributed by atoms with Crippen LogP contribution in [-0.4, -0.2) is 66.4 Å². The van der Waals surface area contributed by atoms with Crippen LogP contribution in [0.4, 0.5) is 5.69 Å². The summed E-state index contributed by atoms with van der Waals surface area (Å²) in [7, 11) is 2.05. The predicted octanol–water partition coefficient (Wildman–Crippen LogP) is 2.44. The fourth-order valence-electron chi connectivity index (χ4n) is 3.26. The highest BCUT2D eigenvalue weighted by Crippen LogP contribution is 2.19. The van der Waals surface area contributed by atoms with Crippen LogP contribution in [0.2, 0.25) is 0 Å². The van der Waals surface area contributed by atoms with Gasteiger partial charge in [0.15, 0.2) is 0 Å². The first-order chi connectivity index (χ1) is 13.0. The van der Waals surface area contributed by atoms with Crippen LogP contribution in [0.15, 0.2) is 42.7 Å². The number of benzene rings is 1. The molecular weight excluding hydrogens is 340 g/mol. The molecule has 2 aromatic rings. The van der Waals surface area contributed by atoms with E-state index in [1.165, 1.54) is 6.20 Å². The molecule has 0 spiro atoms. The zero-order valence-corrected chi connectivity index (χ0v) is 16.2. The van der Waals surface area contributed by atoms with Crippen LogP contribution in [0, 0.1) is 6.92 Å². The summed E-state index contributed by atoms with van der Waals surface area (Å²) in [6.07, 6.45) is 3.07.